The number of carbonyl (C=O) groups excluding carboxylic acids is 1. The van der Waals surface area contributed by atoms with Crippen LogP contribution in [0.25, 0.3) is 0 Å². The fourth-order valence-electron chi connectivity index (χ4n) is 2.63. The summed E-state index contributed by atoms with van der Waals surface area (Å²) < 4.78 is 0.736. The Hall–Kier alpha value is -0.820. The summed E-state index contributed by atoms with van der Waals surface area (Å²) >= 11 is 2.03. The SMILES string of the molecule is NCC(NC(=O)c1ccc(I)c(O)c1)C1CCCC1. The van der Waals surface area contributed by atoms with Gasteiger partial charge in [-0.3, -0.25) is 4.79 Å². The van der Waals surface area contributed by atoms with Crippen molar-refractivity contribution in [3.63, 3.8) is 0 Å². The molecule has 0 spiro atoms. The Morgan fingerprint density at radius 2 is 2.16 bits per heavy atom. The fourth-order valence-corrected chi connectivity index (χ4v) is 2.97. The van der Waals surface area contributed by atoms with Crippen molar-refractivity contribution in [1.29, 1.82) is 0 Å². The molecule has 1 aliphatic carbocycles. The van der Waals surface area contributed by atoms with Gasteiger partial charge >= 0.3 is 0 Å². The molecular weight excluding hydrogens is 355 g/mol. The molecule has 0 saturated heterocycles. The molecule has 104 valence electrons. The van der Waals surface area contributed by atoms with Crippen LogP contribution >= 0.6 is 22.6 Å². The summed E-state index contributed by atoms with van der Waals surface area (Å²) in [6.07, 6.45) is 4.73. The van der Waals surface area contributed by atoms with Gasteiger partial charge in [0.1, 0.15) is 5.75 Å². The summed E-state index contributed by atoms with van der Waals surface area (Å²) in [6, 6.07) is 4.99. The minimum atomic E-state index is -0.158. The van der Waals surface area contributed by atoms with Crippen LogP contribution in [-0.4, -0.2) is 23.6 Å². The molecule has 1 fully saturated rings. The molecule has 0 heterocycles. The van der Waals surface area contributed by atoms with Gasteiger partial charge in [-0.15, -0.1) is 0 Å². The van der Waals surface area contributed by atoms with Crippen LogP contribution in [0, 0.1) is 9.49 Å². The Balaban J connectivity index is 2.04. The first-order chi connectivity index (χ1) is 9.11. The lowest BCUT2D eigenvalue weighted by Crippen LogP contribution is -2.44. The van der Waals surface area contributed by atoms with E-state index >= 15 is 0 Å². The molecular formula is C14H19IN2O2. The van der Waals surface area contributed by atoms with Crippen LogP contribution in [0.2, 0.25) is 0 Å². The lowest BCUT2D eigenvalue weighted by atomic mass is 9.98. The maximum Gasteiger partial charge on any atom is 0.251 e. The number of nitrogens with two attached hydrogens (primary N) is 1. The Labute approximate surface area is 126 Å². The number of aromatic hydroxyl groups is 1. The van der Waals surface area contributed by atoms with Gasteiger partial charge in [0.2, 0.25) is 0 Å². The highest BCUT2D eigenvalue weighted by Gasteiger charge is 2.25. The van der Waals surface area contributed by atoms with Gasteiger partial charge in [0.05, 0.1) is 3.57 Å². The van der Waals surface area contributed by atoms with Crippen LogP contribution < -0.4 is 11.1 Å². The summed E-state index contributed by atoms with van der Waals surface area (Å²) in [7, 11) is 0. The highest BCUT2D eigenvalue weighted by atomic mass is 127. The third-order valence-corrected chi connectivity index (χ3v) is 4.66. The van der Waals surface area contributed by atoms with E-state index < -0.39 is 0 Å². The Kier molecular flexibility index (Phi) is 5.04. The van der Waals surface area contributed by atoms with Crippen LogP contribution in [-0.2, 0) is 0 Å². The van der Waals surface area contributed by atoms with Gasteiger partial charge in [-0.05, 0) is 59.5 Å². The van der Waals surface area contributed by atoms with Crippen LogP contribution in [0.15, 0.2) is 18.2 Å². The number of carbonyl (C=O) groups is 1. The molecule has 1 aromatic rings. The van der Waals surface area contributed by atoms with Gasteiger partial charge in [0.15, 0.2) is 0 Å². The van der Waals surface area contributed by atoms with Crippen LogP contribution in [0.5, 0.6) is 5.75 Å². The van der Waals surface area contributed by atoms with E-state index in [1.165, 1.54) is 18.9 Å². The van der Waals surface area contributed by atoms with Crippen molar-refractivity contribution >= 4 is 28.5 Å². The lowest BCUT2D eigenvalue weighted by Gasteiger charge is -2.23. The first kappa shape index (κ1) is 14.6. The van der Waals surface area contributed by atoms with E-state index in [1.807, 2.05) is 22.6 Å². The standard InChI is InChI=1S/C14H19IN2O2/c15-11-6-5-10(7-13(11)18)14(19)17-12(8-16)9-3-1-2-4-9/h5-7,9,12,18H,1-4,8,16H2,(H,17,19). The molecule has 2 rings (SSSR count). The van der Waals surface area contributed by atoms with Crippen molar-refractivity contribution in [3.8, 4) is 5.75 Å². The molecule has 5 heteroatoms. The zero-order valence-electron chi connectivity index (χ0n) is 10.7. The number of nitrogens with one attached hydrogen (secondary N) is 1. The minimum absolute atomic E-state index is 0.0384. The van der Waals surface area contributed by atoms with Gasteiger partial charge in [0.25, 0.3) is 5.91 Å². The summed E-state index contributed by atoms with van der Waals surface area (Å²) in [5.41, 5.74) is 6.25. The second-order valence-corrected chi connectivity index (χ2v) is 6.19. The highest BCUT2D eigenvalue weighted by Crippen LogP contribution is 2.27. The van der Waals surface area contributed by atoms with Crippen molar-refractivity contribution in [3.05, 3.63) is 27.3 Å². The van der Waals surface area contributed by atoms with Gasteiger partial charge in [-0.2, -0.15) is 0 Å². The summed E-state index contributed by atoms with van der Waals surface area (Å²) in [5.74, 6) is 0.471. The topological polar surface area (TPSA) is 75.3 Å². The molecule has 0 bridgehead atoms. The van der Waals surface area contributed by atoms with Gasteiger partial charge < -0.3 is 16.2 Å². The van der Waals surface area contributed by atoms with Crippen LogP contribution in [0.4, 0.5) is 0 Å². The lowest BCUT2D eigenvalue weighted by molar-refractivity contribution is 0.0923. The number of rotatable bonds is 4. The molecule has 1 saturated carbocycles. The number of hydrogen-bond acceptors (Lipinski definition) is 3. The van der Waals surface area contributed by atoms with Crippen LogP contribution in [0.3, 0.4) is 0 Å². The van der Waals surface area contributed by atoms with Crippen molar-refractivity contribution in [2.24, 2.45) is 11.7 Å². The number of amides is 1. The summed E-state index contributed by atoms with van der Waals surface area (Å²) in [5, 5.41) is 12.6. The first-order valence-electron chi connectivity index (χ1n) is 6.61. The zero-order chi connectivity index (χ0) is 13.8. The van der Waals surface area contributed by atoms with E-state index in [-0.39, 0.29) is 17.7 Å². The first-order valence-corrected chi connectivity index (χ1v) is 7.69. The number of benzene rings is 1. The molecule has 4 N–H and O–H groups in total. The molecule has 0 aromatic heterocycles. The Morgan fingerprint density at radius 1 is 1.47 bits per heavy atom. The fraction of sp³-hybridized carbons (Fsp3) is 0.500. The van der Waals surface area contributed by atoms with Gasteiger partial charge in [-0.1, -0.05) is 12.8 Å². The van der Waals surface area contributed by atoms with E-state index in [9.17, 15) is 9.90 Å². The molecule has 1 unspecified atom stereocenters. The minimum Gasteiger partial charge on any atom is -0.507 e. The monoisotopic (exact) mass is 374 g/mol. The third-order valence-electron chi connectivity index (χ3n) is 3.75. The zero-order valence-corrected chi connectivity index (χ0v) is 12.9. The molecule has 1 amide bonds. The van der Waals surface area contributed by atoms with E-state index in [1.54, 1.807) is 12.1 Å². The van der Waals surface area contributed by atoms with E-state index in [2.05, 4.69) is 5.32 Å². The smallest absolute Gasteiger partial charge is 0.251 e. The second kappa shape index (κ2) is 6.56. The maximum absolute atomic E-state index is 12.2. The quantitative estimate of drug-likeness (QED) is 0.708. The predicted octanol–water partition coefficient (Wildman–Crippen LogP) is 2.24. The molecule has 1 aliphatic rings. The molecule has 1 aromatic carbocycles. The summed E-state index contributed by atoms with van der Waals surface area (Å²) in [4.78, 5) is 12.2. The molecule has 4 nitrogen and oxygen atoms in total. The number of hydrogen-bond donors (Lipinski definition) is 3. The normalized spacial score (nSPS) is 17.4. The highest BCUT2D eigenvalue weighted by molar-refractivity contribution is 14.1. The number of phenolic OH excluding ortho intramolecular Hbond substituents is 1. The number of halogens is 1. The molecule has 1 atom stereocenters. The molecule has 0 radical (unpaired) electrons. The Bertz CT molecular complexity index is 459. The average Bonchev–Trinajstić information content (AvgIpc) is 2.92. The van der Waals surface area contributed by atoms with Crippen molar-refractivity contribution in [2.45, 2.75) is 31.7 Å². The molecule has 0 aliphatic heterocycles. The van der Waals surface area contributed by atoms with Crippen molar-refractivity contribution in [1.82, 2.24) is 5.32 Å². The van der Waals surface area contributed by atoms with E-state index in [4.69, 9.17) is 5.73 Å². The molecule has 19 heavy (non-hydrogen) atoms. The van der Waals surface area contributed by atoms with Crippen LogP contribution in [0.1, 0.15) is 36.0 Å². The van der Waals surface area contributed by atoms with Crippen molar-refractivity contribution < 1.29 is 9.90 Å². The maximum atomic E-state index is 12.2. The third kappa shape index (κ3) is 3.60. The Morgan fingerprint density at radius 3 is 2.74 bits per heavy atom. The predicted molar refractivity (Wildman–Crippen MR) is 83.1 cm³/mol. The average molecular weight is 374 g/mol. The van der Waals surface area contributed by atoms with Gasteiger partial charge in [-0.25, -0.2) is 0 Å². The largest absolute Gasteiger partial charge is 0.507 e. The number of phenols is 1. The van der Waals surface area contributed by atoms with E-state index in [0.29, 0.717) is 18.0 Å². The van der Waals surface area contributed by atoms with Gasteiger partial charge in [0, 0.05) is 18.2 Å². The second-order valence-electron chi connectivity index (χ2n) is 5.03. The van der Waals surface area contributed by atoms with E-state index in [0.717, 1.165) is 16.4 Å². The van der Waals surface area contributed by atoms with Crippen molar-refractivity contribution in [2.75, 3.05) is 6.54 Å². The summed E-state index contributed by atoms with van der Waals surface area (Å²) in [6.45, 7) is 0.465.